The maximum Gasteiger partial charge on any atom is 0.240 e. The minimum absolute atomic E-state index is 0.266. The van der Waals surface area contributed by atoms with E-state index in [1.54, 1.807) is 31.4 Å². The number of sulfonamides is 1. The summed E-state index contributed by atoms with van der Waals surface area (Å²) in [6, 6.07) is 6.48. The second-order valence-electron chi connectivity index (χ2n) is 4.66. The highest BCUT2D eigenvalue weighted by molar-refractivity contribution is 7.92. The fourth-order valence-electron chi connectivity index (χ4n) is 1.78. The van der Waals surface area contributed by atoms with E-state index in [1.807, 2.05) is 0 Å². The highest BCUT2D eigenvalue weighted by Gasteiger charge is 2.20. The SMILES string of the molecule is COCCCNC(=O)CN(c1ccc(OC)cc1)S(C)(=O)=O. The van der Waals surface area contributed by atoms with E-state index in [9.17, 15) is 13.2 Å². The Kier molecular flexibility index (Phi) is 7.13. The van der Waals surface area contributed by atoms with Crippen molar-refractivity contribution in [2.75, 3.05) is 44.5 Å². The van der Waals surface area contributed by atoms with Gasteiger partial charge < -0.3 is 14.8 Å². The average molecular weight is 330 g/mol. The molecule has 0 radical (unpaired) electrons. The number of benzene rings is 1. The first-order chi connectivity index (χ1) is 10.4. The number of hydrogen-bond donors (Lipinski definition) is 1. The number of carbonyl (C=O) groups is 1. The second-order valence-corrected chi connectivity index (χ2v) is 6.57. The third-order valence-electron chi connectivity index (χ3n) is 2.90. The highest BCUT2D eigenvalue weighted by Crippen LogP contribution is 2.21. The van der Waals surface area contributed by atoms with E-state index in [1.165, 1.54) is 7.11 Å². The number of methoxy groups -OCH3 is 2. The van der Waals surface area contributed by atoms with Crippen molar-refractivity contribution in [1.82, 2.24) is 5.32 Å². The van der Waals surface area contributed by atoms with Crippen molar-refractivity contribution in [3.05, 3.63) is 24.3 Å². The van der Waals surface area contributed by atoms with Crippen LogP contribution in [0, 0.1) is 0 Å². The van der Waals surface area contributed by atoms with Crippen molar-refractivity contribution in [3.63, 3.8) is 0 Å². The van der Waals surface area contributed by atoms with Gasteiger partial charge in [0, 0.05) is 20.3 Å². The van der Waals surface area contributed by atoms with Gasteiger partial charge in [-0.1, -0.05) is 0 Å². The van der Waals surface area contributed by atoms with Crippen molar-refractivity contribution in [2.24, 2.45) is 0 Å². The van der Waals surface area contributed by atoms with Crippen LogP contribution in [-0.4, -0.2) is 54.5 Å². The molecule has 1 aromatic carbocycles. The van der Waals surface area contributed by atoms with Crippen molar-refractivity contribution in [3.8, 4) is 5.75 Å². The maximum absolute atomic E-state index is 11.9. The van der Waals surface area contributed by atoms with Crippen LogP contribution in [0.5, 0.6) is 5.75 Å². The van der Waals surface area contributed by atoms with Gasteiger partial charge in [0.2, 0.25) is 15.9 Å². The lowest BCUT2D eigenvalue weighted by Gasteiger charge is -2.22. The number of ether oxygens (including phenoxy) is 2. The summed E-state index contributed by atoms with van der Waals surface area (Å²) >= 11 is 0. The lowest BCUT2D eigenvalue weighted by molar-refractivity contribution is -0.119. The third-order valence-corrected chi connectivity index (χ3v) is 4.04. The lowest BCUT2D eigenvalue weighted by atomic mass is 10.3. The van der Waals surface area contributed by atoms with Gasteiger partial charge in [0.1, 0.15) is 12.3 Å². The molecule has 124 valence electrons. The van der Waals surface area contributed by atoms with Crippen molar-refractivity contribution >= 4 is 21.6 Å². The monoisotopic (exact) mass is 330 g/mol. The van der Waals surface area contributed by atoms with Crippen LogP contribution in [0.15, 0.2) is 24.3 Å². The molecule has 8 heteroatoms. The Bertz CT molecular complexity index is 571. The van der Waals surface area contributed by atoms with Crippen molar-refractivity contribution in [1.29, 1.82) is 0 Å². The molecule has 0 saturated carbocycles. The quantitative estimate of drug-likeness (QED) is 0.671. The van der Waals surface area contributed by atoms with E-state index in [0.29, 0.717) is 31.0 Å². The topological polar surface area (TPSA) is 84.9 Å². The molecule has 1 amide bonds. The molecule has 0 atom stereocenters. The normalized spacial score (nSPS) is 11.0. The molecule has 0 aliphatic rings. The number of amides is 1. The summed E-state index contributed by atoms with van der Waals surface area (Å²) in [6.07, 6.45) is 1.74. The molecule has 1 rings (SSSR count). The zero-order valence-corrected chi connectivity index (χ0v) is 13.9. The fourth-order valence-corrected chi connectivity index (χ4v) is 2.64. The number of carbonyl (C=O) groups excluding carboxylic acids is 1. The van der Waals surface area contributed by atoms with Crippen LogP contribution < -0.4 is 14.4 Å². The van der Waals surface area contributed by atoms with Gasteiger partial charge in [-0.3, -0.25) is 9.10 Å². The molecule has 0 heterocycles. The maximum atomic E-state index is 11.9. The first-order valence-corrected chi connectivity index (χ1v) is 8.60. The molecule has 1 aromatic rings. The summed E-state index contributed by atoms with van der Waals surface area (Å²) in [4.78, 5) is 11.9. The molecular formula is C14H22N2O5S. The number of hydrogen-bond acceptors (Lipinski definition) is 5. The van der Waals surface area contributed by atoms with Gasteiger partial charge in [0.25, 0.3) is 0 Å². The summed E-state index contributed by atoms with van der Waals surface area (Å²) in [7, 11) is -0.456. The predicted molar refractivity (Wildman–Crippen MR) is 84.7 cm³/mol. The molecule has 7 nitrogen and oxygen atoms in total. The number of rotatable bonds is 9. The zero-order chi connectivity index (χ0) is 16.6. The third kappa shape index (κ3) is 5.90. The molecule has 1 N–H and O–H groups in total. The minimum Gasteiger partial charge on any atom is -0.497 e. The molecule has 0 saturated heterocycles. The van der Waals surface area contributed by atoms with E-state index >= 15 is 0 Å². The van der Waals surface area contributed by atoms with Crippen LogP contribution in [0.1, 0.15) is 6.42 Å². The van der Waals surface area contributed by atoms with Crippen molar-refractivity contribution in [2.45, 2.75) is 6.42 Å². The summed E-state index contributed by atoms with van der Waals surface area (Å²) in [5.41, 5.74) is 0.412. The fraction of sp³-hybridized carbons (Fsp3) is 0.500. The Hall–Kier alpha value is -1.80. The van der Waals surface area contributed by atoms with Crippen LogP contribution in [0.25, 0.3) is 0 Å². The summed E-state index contributed by atoms with van der Waals surface area (Å²) in [5.74, 6) is 0.249. The molecule has 0 fully saturated rings. The number of anilines is 1. The molecule has 22 heavy (non-hydrogen) atoms. The van der Waals surface area contributed by atoms with Crippen LogP contribution in [0.3, 0.4) is 0 Å². The zero-order valence-electron chi connectivity index (χ0n) is 13.0. The van der Waals surface area contributed by atoms with Crippen LogP contribution in [-0.2, 0) is 19.6 Å². The Balaban J connectivity index is 2.75. The van der Waals surface area contributed by atoms with Gasteiger partial charge in [-0.15, -0.1) is 0 Å². The molecule has 0 spiro atoms. The highest BCUT2D eigenvalue weighted by atomic mass is 32.2. The largest absolute Gasteiger partial charge is 0.497 e. The lowest BCUT2D eigenvalue weighted by Crippen LogP contribution is -2.40. The molecular weight excluding hydrogens is 308 g/mol. The molecule has 0 aliphatic heterocycles. The standard InChI is InChI=1S/C14H22N2O5S/c1-20-10-4-9-15-14(17)11-16(22(3,18)19)12-5-7-13(21-2)8-6-12/h5-8H,4,9-11H2,1-3H3,(H,15,17). The Morgan fingerprint density at radius 2 is 1.86 bits per heavy atom. The Labute approximate surface area is 131 Å². The van der Waals surface area contributed by atoms with Gasteiger partial charge in [-0.25, -0.2) is 8.42 Å². The molecule has 0 aromatic heterocycles. The van der Waals surface area contributed by atoms with E-state index in [4.69, 9.17) is 9.47 Å². The van der Waals surface area contributed by atoms with Gasteiger partial charge in [-0.2, -0.15) is 0 Å². The molecule has 0 aliphatic carbocycles. The summed E-state index contributed by atoms with van der Waals surface area (Å²) < 4.78 is 34.8. The number of nitrogens with zero attached hydrogens (tertiary/aromatic N) is 1. The molecule has 0 bridgehead atoms. The molecule has 0 unspecified atom stereocenters. The second kappa shape index (κ2) is 8.60. The predicted octanol–water partition coefficient (Wildman–Crippen LogP) is 0.614. The smallest absolute Gasteiger partial charge is 0.240 e. The first-order valence-electron chi connectivity index (χ1n) is 6.76. The summed E-state index contributed by atoms with van der Waals surface area (Å²) in [5, 5.41) is 2.66. The Morgan fingerprint density at radius 1 is 1.23 bits per heavy atom. The van der Waals surface area contributed by atoms with Gasteiger partial charge in [0.15, 0.2) is 0 Å². The van der Waals surface area contributed by atoms with E-state index in [-0.39, 0.29) is 12.5 Å². The van der Waals surface area contributed by atoms with Crippen LogP contribution in [0.2, 0.25) is 0 Å². The number of nitrogens with one attached hydrogen (secondary N) is 1. The van der Waals surface area contributed by atoms with Gasteiger partial charge in [0.05, 0.1) is 19.1 Å². The van der Waals surface area contributed by atoms with Crippen LogP contribution >= 0.6 is 0 Å². The van der Waals surface area contributed by atoms with Crippen molar-refractivity contribution < 1.29 is 22.7 Å². The summed E-state index contributed by atoms with van der Waals surface area (Å²) in [6.45, 7) is 0.708. The average Bonchev–Trinajstić information content (AvgIpc) is 2.48. The minimum atomic E-state index is -3.56. The van der Waals surface area contributed by atoms with E-state index < -0.39 is 10.0 Å². The van der Waals surface area contributed by atoms with Gasteiger partial charge in [-0.05, 0) is 30.7 Å². The van der Waals surface area contributed by atoms with E-state index in [2.05, 4.69) is 5.32 Å². The Morgan fingerprint density at radius 3 is 2.36 bits per heavy atom. The van der Waals surface area contributed by atoms with Gasteiger partial charge >= 0.3 is 0 Å². The van der Waals surface area contributed by atoms with E-state index in [0.717, 1.165) is 10.6 Å². The first kappa shape index (κ1) is 18.2. The van der Waals surface area contributed by atoms with Crippen LogP contribution in [0.4, 0.5) is 5.69 Å².